The summed E-state index contributed by atoms with van der Waals surface area (Å²) in [5.74, 6) is 6.13. The number of benzene rings is 2. The molecule has 0 amide bonds. The second-order valence-corrected chi connectivity index (χ2v) is 8.33. The number of fused-ring (bicyclic) bond motifs is 1. The summed E-state index contributed by atoms with van der Waals surface area (Å²) in [4.78, 5) is 28.1. The third-order valence-corrected chi connectivity index (χ3v) is 5.51. The smallest absolute Gasteiger partial charge is 0.259 e. The summed E-state index contributed by atoms with van der Waals surface area (Å²) in [6.07, 6.45) is 1.58. The number of hydrogen-bond acceptors (Lipinski definition) is 7. The number of nitrogens with two attached hydrogens (primary N) is 1. The number of rotatable bonds is 3. The van der Waals surface area contributed by atoms with Crippen LogP contribution in [0.1, 0.15) is 11.4 Å². The van der Waals surface area contributed by atoms with Crippen LogP contribution in [0.2, 0.25) is 10.0 Å². The molecule has 5 rings (SSSR count). The van der Waals surface area contributed by atoms with Gasteiger partial charge in [0, 0.05) is 33.6 Å². The topological polar surface area (TPSA) is 125 Å². The van der Waals surface area contributed by atoms with Crippen LogP contribution in [0.3, 0.4) is 0 Å². The number of aryl methyl sites for hydroxylation is 2. The van der Waals surface area contributed by atoms with Gasteiger partial charge in [0.2, 0.25) is 11.7 Å². The Kier molecular flexibility index (Phi) is 6.97. The Bertz CT molecular complexity index is 1610. The van der Waals surface area contributed by atoms with E-state index in [4.69, 9.17) is 29.0 Å². The van der Waals surface area contributed by atoms with E-state index < -0.39 is 0 Å². The molecule has 3 N–H and O–H groups in total. The number of nitrogen functional groups attached to an aromatic ring is 1. The number of anilines is 1. The average molecular weight is 511 g/mol. The van der Waals surface area contributed by atoms with E-state index in [1.807, 2.05) is 6.92 Å². The van der Waals surface area contributed by atoms with E-state index in [9.17, 15) is 9.59 Å². The summed E-state index contributed by atoms with van der Waals surface area (Å²) in [6, 6.07) is 16.8. The van der Waals surface area contributed by atoms with E-state index in [2.05, 4.69) is 20.6 Å². The zero-order valence-corrected chi connectivity index (χ0v) is 20.2. The molecule has 178 valence electrons. The van der Waals surface area contributed by atoms with E-state index in [0.717, 1.165) is 5.69 Å². The lowest BCUT2D eigenvalue weighted by atomic mass is 10.3. The molecule has 0 fully saturated rings. The summed E-state index contributed by atoms with van der Waals surface area (Å²) in [7, 11) is 0. The van der Waals surface area contributed by atoms with Crippen LogP contribution in [0.5, 0.6) is 0 Å². The summed E-state index contributed by atoms with van der Waals surface area (Å²) in [5.41, 5.74) is 4.83. The Balaban J connectivity index is 0.000000165. The Hall–Kier alpha value is -3.99. The molecule has 5 aromatic rings. The van der Waals surface area contributed by atoms with E-state index in [-0.39, 0.29) is 17.1 Å². The minimum absolute atomic E-state index is 0.143. The summed E-state index contributed by atoms with van der Waals surface area (Å²) in [6.45, 7) is 3.57. The van der Waals surface area contributed by atoms with Crippen LogP contribution < -0.4 is 22.4 Å². The van der Waals surface area contributed by atoms with Gasteiger partial charge in [-0.1, -0.05) is 23.2 Å². The van der Waals surface area contributed by atoms with Gasteiger partial charge in [0.25, 0.3) is 11.1 Å². The van der Waals surface area contributed by atoms with E-state index in [1.54, 1.807) is 72.2 Å². The first-order valence-corrected chi connectivity index (χ1v) is 11.1. The Morgan fingerprint density at radius 3 is 1.94 bits per heavy atom. The molecule has 3 heterocycles. The molecule has 0 aliphatic heterocycles. The maximum absolute atomic E-state index is 12.1. The number of nitrogens with zero attached hydrogens (tertiary/aromatic N) is 6. The molecule has 0 saturated heterocycles. The van der Waals surface area contributed by atoms with Crippen molar-refractivity contribution in [2.45, 2.75) is 13.8 Å². The predicted molar refractivity (Wildman–Crippen MR) is 136 cm³/mol. The quantitative estimate of drug-likeness (QED) is 0.281. The number of aromatic nitrogens is 6. The van der Waals surface area contributed by atoms with E-state index in [1.165, 1.54) is 15.2 Å². The summed E-state index contributed by atoms with van der Waals surface area (Å²) >= 11 is 11.6. The fourth-order valence-corrected chi connectivity index (χ4v) is 3.66. The highest BCUT2D eigenvalue weighted by molar-refractivity contribution is 6.30. The van der Waals surface area contributed by atoms with Crippen molar-refractivity contribution in [1.29, 1.82) is 0 Å². The lowest BCUT2D eigenvalue weighted by molar-refractivity contribution is 0.913. The maximum atomic E-state index is 12.1. The lowest BCUT2D eigenvalue weighted by Gasteiger charge is -2.11. The minimum atomic E-state index is -0.201. The van der Waals surface area contributed by atoms with Crippen LogP contribution in [-0.2, 0) is 0 Å². The van der Waals surface area contributed by atoms with Crippen LogP contribution in [0, 0.1) is 13.8 Å². The van der Waals surface area contributed by atoms with Crippen molar-refractivity contribution in [2.24, 2.45) is 5.84 Å². The molecule has 0 radical (unpaired) electrons. The molecule has 35 heavy (non-hydrogen) atoms. The molecular weight excluding hydrogens is 491 g/mol. The van der Waals surface area contributed by atoms with Crippen molar-refractivity contribution < 1.29 is 0 Å². The minimum Gasteiger partial charge on any atom is -0.293 e. The van der Waals surface area contributed by atoms with Crippen LogP contribution in [-0.4, -0.2) is 28.7 Å². The molecule has 10 nitrogen and oxygen atoms in total. The average Bonchev–Trinajstić information content (AvgIpc) is 3.31. The van der Waals surface area contributed by atoms with Gasteiger partial charge in [-0.2, -0.15) is 0 Å². The van der Waals surface area contributed by atoms with Crippen LogP contribution in [0.15, 0.2) is 76.6 Å². The fourth-order valence-electron chi connectivity index (χ4n) is 3.41. The van der Waals surface area contributed by atoms with Gasteiger partial charge in [-0.05, 0) is 62.4 Å². The van der Waals surface area contributed by atoms with E-state index >= 15 is 0 Å². The van der Waals surface area contributed by atoms with Crippen LogP contribution >= 0.6 is 23.2 Å². The molecule has 0 aliphatic carbocycles. The first-order chi connectivity index (χ1) is 16.8. The summed E-state index contributed by atoms with van der Waals surface area (Å²) in [5, 5.41) is 9.04. The summed E-state index contributed by atoms with van der Waals surface area (Å²) < 4.78 is 4.63. The van der Waals surface area contributed by atoms with Crippen LogP contribution in [0.25, 0.3) is 17.2 Å². The molecule has 3 aromatic heterocycles. The standard InChI is InChI=1S/C12H9ClN4O.C11H11ClN4O/c1-8-6-11(18)17(12-15-14-7-16(8)12)10-4-2-9(13)3-5-10;1-7-6-10(17)16(11(14-7)15-13)9-4-2-8(12)3-5-9/h2-7H,1H3;2-6H,13H2,1H3,(H,14,15). The molecule has 12 heteroatoms. The number of nitrogens with one attached hydrogen (secondary N) is 1. The third-order valence-electron chi connectivity index (χ3n) is 5.01. The van der Waals surface area contributed by atoms with Crippen molar-refractivity contribution in [3.05, 3.63) is 109 Å². The highest BCUT2D eigenvalue weighted by atomic mass is 35.5. The first-order valence-electron chi connectivity index (χ1n) is 10.3. The molecule has 2 aromatic carbocycles. The lowest BCUT2D eigenvalue weighted by Crippen LogP contribution is -2.25. The van der Waals surface area contributed by atoms with Gasteiger partial charge in [0.1, 0.15) is 6.33 Å². The van der Waals surface area contributed by atoms with Gasteiger partial charge < -0.3 is 0 Å². The van der Waals surface area contributed by atoms with E-state index in [0.29, 0.717) is 32.9 Å². The molecule has 0 unspecified atom stereocenters. The maximum Gasteiger partial charge on any atom is 0.259 e. The monoisotopic (exact) mass is 510 g/mol. The van der Waals surface area contributed by atoms with Gasteiger partial charge in [-0.15, -0.1) is 10.2 Å². The number of hydrazine groups is 1. The zero-order chi connectivity index (χ0) is 25.1. The molecule has 0 spiro atoms. The highest BCUT2D eigenvalue weighted by Gasteiger charge is 2.10. The zero-order valence-electron chi connectivity index (χ0n) is 18.7. The number of halogens is 2. The van der Waals surface area contributed by atoms with Gasteiger partial charge in [-0.3, -0.25) is 19.4 Å². The molecule has 0 saturated carbocycles. The largest absolute Gasteiger partial charge is 0.293 e. The SMILES string of the molecule is Cc1cc(=O)n(-c2ccc(Cl)cc2)c(NN)n1.Cc1cc(=O)n(-c2ccc(Cl)cc2)c2nncn12. The second kappa shape index (κ2) is 10.1. The van der Waals surface area contributed by atoms with Gasteiger partial charge in [0.15, 0.2) is 0 Å². The Labute approximate surface area is 209 Å². The molecule has 0 aliphatic rings. The van der Waals surface area contributed by atoms with Crippen molar-refractivity contribution in [1.82, 2.24) is 28.7 Å². The second-order valence-electron chi connectivity index (χ2n) is 7.45. The van der Waals surface area contributed by atoms with Crippen molar-refractivity contribution in [3.63, 3.8) is 0 Å². The molecular formula is C23H20Cl2N8O2. The molecule has 0 bridgehead atoms. The van der Waals surface area contributed by atoms with Gasteiger partial charge in [-0.25, -0.2) is 20.0 Å². The van der Waals surface area contributed by atoms with Gasteiger partial charge in [0.05, 0.1) is 11.4 Å². The van der Waals surface area contributed by atoms with Gasteiger partial charge >= 0.3 is 0 Å². The Morgan fingerprint density at radius 1 is 0.829 bits per heavy atom. The number of hydrogen-bond donors (Lipinski definition) is 2. The van der Waals surface area contributed by atoms with Crippen molar-refractivity contribution in [2.75, 3.05) is 5.43 Å². The first kappa shape index (κ1) is 24.1. The highest BCUT2D eigenvalue weighted by Crippen LogP contribution is 2.15. The predicted octanol–water partition coefficient (Wildman–Crippen LogP) is 3.32. The Morgan fingerprint density at radius 2 is 1.37 bits per heavy atom. The fraction of sp³-hybridized carbons (Fsp3) is 0.0870. The van der Waals surface area contributed by atoms with Crippen molar-refractivity contribution >= 4 is 34.9 Å². The molecule has 0 atom stereocenters. The van der Waals surface area contributed by atoms with Crippen LogP contribution in [0.4, 0.5) is 5.95 Å². The normalized spacial score (nSPS) is 10.7. The third kappa shape index (κ3) is 5.09. The van der Waals surface area contributed by atoms with Crippen molar-refractivity contribution in [3.8, 4) is 11.4 Å².